The Labute approximate surface area is 166 Å². The van der Waals surface area contributed by atoms with Gasteiger partial charge in [0.1, 0.15) is 0 Å². The lowest BCUT2D eigenvalue weighted by Crippen LogP contribution is -2.53. The molecule has 1 aromatic carbocycles. The van der Waals surface area contributed by atoms with Crippen molar-refractivity contribution in [2.24, 2.45) is 0 Å². The van der Waals surface area contributed by atoms with Gasteiger partial charge in [0.2, 0.25) is 12.7 Å². The lowest BCUT2D eigenvalue weighted by atomic mass is 10.1. The third kappa shape index (κ3) is 3.03. The van der Waals surface area contributed by atoms with Gasteiger partial charge in [-0.3, -0.25) is 19.3 Å². The highest BCUT2D eigenvalue weighted by Crippen LogP contribution is 2.37. The van der Waals surface area contributed by atoms with E-state index in [1.807, 2.05) is 4.90 Å². The summed E-state index contributed by atoms with van der Waals surface area (Å²) >= 11 is 0. The summed E-state index contributed by atoms with van der Waals surface area (Å²) in [4.78, 5) is 42.9. The van der Waals surface area contributed by atoms with Crippen molar-refractivity contribution in [3.63, 3.8) is 0 Å². The van der Waals surface area contributed by atoms with Crippen molar-refractivity contribution in [3.8, 4) is 11.5 Å². The number of carbonyl (C=O) groups excluding carboxylic acids is 3. The molecule has 0 spiro atoms. The van der Waals surface area contributed by atoms with Crippen LogP contribution in [-0.4, -0.2) is 66.5 Å². The van der Waals surface area contributed by atoms with Gasteiger partial charge < -0.3 is 18.8 Å². The van der Waals surface area contributed by atoms with Crippen LogP contribution in [0, 0.1) is 0 Å². The molecule has 2 fully saturated rings. The average Bonchev–Trinajstić information content (AvgIpc) is 3.47. The molecule has 3 aliphatic heterocycles. The van der Waals surface area contributed by atoms with E-state index >= 15 is 0 Å². The topological polar surface area (TPSA) is 92.5 Å². The summed E-state index contributed by atoms with van der Waals surface area (Å²) in [6, 6.07) is 7.83. The van der Waals surface area contributed by atoms with Gasteiger partial charge in [-0.25, -0.2) is 4.90 Å². The van der Waals surface area contributed by atoms with Crippen molar-refractivity contribution in [1.29, 1.82) is 0 Å². The fourth-order valence-electron chi connectivity index (χ4n) is 3.99. The number of imide groups is 1. The molecular weight excluding hydrogens is 378 g/mol. The van der Waals surface area contributed by atoms with Gasteiger partial charge >= 0.3 is 0 Å². The van der Waals surface area contributed by atoms with E-state index in [2.05, 4.69) is 0 Å². The minimum absolute atomic E-state index is 0.124. The fraction of sp³-hybridized carbons (Fsp3) is 0.350. The van der Waals surface area contributed by atoms with E-state index < -0.39 is 6.04 Å². The SMILES string of the molecule is O=C(c1ccco1)N1CCN([C@H]2CC(=O)N(c3ccc4c(c3)OCO4)C2=O)CC1. The summed E-state index contributed by atoms with van der Waals surface area (Å²) in [7, 11) is 0. The molecule has 29 heavy (non-hydrogen) atoms. The number of piperazine rings is 1. The van der Waals surface area contributed by atoms with Crippen molar-refractivity contribution in [3.05, 3.63) is 42.4 Å². The van der Waals surface area contributed by atoms with Gasteiger partial charge in [-0.05, 0) is 24.3 Å². The molecule has 150 valence electrons. The van der Waals surface area contributed by atoms with Crippen molar-refractivity contribution in [2.75, 3.05) is 37.9 Å². The second-order valence-electron chi connectivity index (χ2n) is 7.13. The quantitative estimate of drug-likeness (QED) is 0.716. The lowest BCUT2D eigenvalue weighted by molar-refractivity contribution is -0.123. The van der Waals surface area contributed by atoms with Crippen LogP contribution in [0.25, 0.3) is 0 Å². The Bertz CT molecular complexity index is 965. The molecule has 3 aliphatic rings. The predicted molar refractivity (Wildman–Crippen MR) is 99.6 cm³/mol. The summed E-state index contributed by atoms with van der Waals surface area (Å²) in [5.74, 6) is 0.774. The number of fused-ring (bicyclic) bond motifs is 1. The molecule has 0 aliphatic carbocycles. The van der Waals surface area contributed by atoms with E-state index in [0.717, 1.165) is 0 Å². The number of amides is 3. The second-order valence-corrected chi connectivity index (χ2v) is 7.13. The zero-order valence-electron chi connectivity index (χ0n) is 15.6. The predicted octanol–water partition coefficient (Wildman–Crippen LogP) is 1.10. The van der Waals surface area contributed by atoms with E-state index in [1.165, 1.54) is 11.2 Å². The van der Waals surface area contributed by atoms with Crippen LogP contribution in [0.1, 0.15) is 17.0 Å². The number of hydrogen-bond donors (Lipinski definition) is 0. The molecule has 2 aromatic rings. The first-order chi connectivity index (χ1) is 14.1. The number of rotatable bonds is 3. The van der Waals surface area contributed by atoms with E-state index in [4.69, 9.17) is 13.9 Å². The van der Waals surface area contributed by atoms with E-state index in [1.54, 1.807) is 35.2 Å². The summed E-state index contributed by atoms with van der Waals surface area (Å²) in [5, 5.41) is 0. The standard InChI is InChI=1S/C20H19N3O6/c24-18-11-14(19(25)23(18)13-3-4-15-17(10-13)29-12-28-15)21-5-7-22(8-6-21)20(26)16-2-1-9-27-16/h1-4,9-10,14H,5-8,11-12H2/t14-/m0/s1. The molecule has 0 N–H and O–H groups in total. The van der Waals surface area contributed by atoms with Crippen LogP contribution >= 0.6 is 0 Å². The van der Waals surface area contributed by atoms with Crippen LogP contribution in [0.3, 0.4) is 0 Å². The van der Waals surface area contributed by atoms with Crippen LogP contribution in [0.15, 0.2) is 41.0 Å². The Hall–Kier alpha value is -3.33. The Morgan fingerprint density at radius 1 is 1.00 bits per heavy atom. The summed E-state index contributed by atoms with van der Waals surface area (Å²) < 4.78 is 15.8. The van der Waals surface area contributed by atoms with Crippen molar-refractivity contribution in [1.82, 2.24) is 9.80 Å². The maximum atomic E-state index is 13.0. The Balaban J connectivity index is 1.26. The molecule has 9 nitrogen and oxygen atoms in total. The monoisotopic (exact) mass is 397 g/mol. The molecule has 1 aromatic heterocycles. The Morgan fingerprint density at radius 2 is 1.79 bits per heavy atom. The molecule has 2 saturated heterocycles. The number of furan rings is 1. The number of ether oxygens (including phenoxy) is 2. The molecule has 9 heteroatoms. The Morgan fingerprint density at radius 3 is 2.55 bits per heavy atom. The van der Waals surface area contributed by atoms with Crippen LogP contribution in [0.5, 0.6) is 11.5 Å². The first-order valence-electron chi connectivity index (χ1n) is 9.45. The zero-order chi connectivity index (χ0) is 20.0. The largest absolute Gasteiger partial charge is 0.459 e. The summed E-state index contributed by atoms with van der Waals surface area (Å²) in [6.07, 6.45) is 1.59. The van der Waals surface area contributed by atoms with Gasteiger partial charge in [-0.2, -0.15) is 0 Å². The van der Waals surface area contributed by atoms with Gasteiger partial charge in [0.05, 0.1) is 24.4 Å². The van der Waals surface area contributed by atoms with Crippen molar-refractivity contribution in [2.45, 2.75) is 12.5 Å². The number of benzene rings is 1. The van der Waals surface area contributed by atoms with Crippen LogP contribution < -0.4 is 14.4 Å². The second kappa shape index (κ2) is 6.93. The highest BCUT2D eigenvalue weighted by molar-refractivity contribution is 6.22. The molecule has 0 unspecified atom stereocenters. The van der Waals surface area contributed by atoms with E-state index in [9.17, 15) is 14.4 Å². The van der Waals surface area contributed by atoms with Crippen LogP contribution in [0.4, 0.5) is 5.69 Å². The Kier molecular flexibility index (Phi) is 4.24. The van der Waals surface area contributed by atoms with Gasteiger partial charge in [0.25, 0.3) is 11.8 Å². The first kappa shape index (κ1) is 17.7. The maximum absolute atomic E-state index is 13.0. The fourth-order valence-corrected chi connectivity index (χ4v) is 3.99. The smallest absolute Gasteiger partial charge is 0.289 e. The number of carbonyl (C=O) groups is 3. The summed E-state index contributed by atoms with van der Waals surface area (Å²) in [5.41, 5.74) is 0.485. The zero-order valence-corrected chi connectivity index (χ0v) is 15.6. The molecule has 1 atom stereocenters. The third-order valence-corrected chi connectivity index (χ3v) is 5.51. The molecule has 5 rings (SSSR count). The van der Waals surface area contributed by atoms with E-state index in [-0.39, 0.29) is 30.9 Å². The van der Waals surface area contributed by atoms with Crippen LogP contribution in [-0.2, 0) is 9.59 Å². The minimum Gasteiger partial charge on any atom is -0.459 e. The highest BCUT2D eigenvalue weighted by atomic mass is 16.7. The van der Waals surface area contributed by atoms with Crippen LogP contribution in [0.2, 0.25) is 0 Å². The van der Waals surface area contributed by atoms with Gasteiger partial charge in [0.15, 0.2) is 17.3 Å². The molecule has 4 heterocycles. The van der Waals surface area contributed by atoms with Gasteiger partial charge in [-0.1, -0.05) is 0 Å². The number of hydrogen-bond acceptors (Lipinski definition) is 7. The minimum atomic E-state index is -0.520. The highest BCUT2D eigenvalue weighted by Gasteiger charge is 2.44. The van der Waals surface area contributed by atoms with Gasteiger partial charge in [0, 0.05) is 32.2 Å². The summed E-state index contributed by atoms with van der Waals surface area (Å²) in [6.45, 7) is 2.11. The van der Waals surface area contributed by atoms with Gasteiger partial charge in [-0.15, -0.1) is 0 Å². The van der Waals surface area contributed by atoms with E-state index in [0.29, 0.717) is 49.1 Å². The normalized spacial score (nSPS) is 21.9. The van der Waals surface area contributed by atoms with Crippen molar-refractivity contribution >= 4 is 23.4 Å². The third-order valence-electron chi connectivity index (χ3n) is 5.51. The number of anilines is 1. The molecular formula is C20H19N3O6. The lowest BCUT2D eigenvalue weighted by Gasteiger charge is -2.36. The molecule has 0 bridgehead atoms. The first-order valence-corrected chi connectivity index (χ1v) is 9.45. The average molecular weight is 397 g/mol. The molecule has 0 radical (unpaired) electrons. The maximum Gasteiger partial charge on any atom is 0.289 e. The molecule has 0 saturated carbocycles. The number of nitrogens with zero attached hydrogens (tertiary/aromatic N) is 3. The molecule has 3 amide bonds. The van der Waals surface area contributed by atoms with Crippen molar-refractivity contribution < 1.29 is 28.3 Å².